The number of sulfonamides is 1. The molecule has 0 spiro atoms. The summed E-state index contributed by atoms with van der Waals surface area (Å²) < 4.78 is 40.4. The number of hydrogen-bond donors (Lipinski definition) is 1. The Morgan fingerprint density at radius 1 is 1.25 bits per heavy atom. The Bertz CT molecular complexity index is 1120. The normalized spacial score (nSPS) is 18.0. The Morgan fingerprint density at radius 2 is 1.96 bits per heavy atom. The van der Waals surface area contributed by atoms with Gasteiger partial charge in [-0.3, -0.25) is 4.90 Å². The first kappa shape index (κ1) is 19.2. The highest BCUT2D eigenvalue weighted by Gasteiger charge is 2.33. The number of rotatable bonds is 4. The van der Waals surface area contributed by atoms with Crippen molar-refractivity contribution in [2.75, 3.05) is 32.4 Å². The van der Waals surface area contributed by atoms with Crippen molar-refractivity contribution >= 4 is 26.3 Å². The number of aryl methyl sites for hydroxylation is 1. The number of halogens is 1. The van der Waals surface area contributed by atoms with E-state index in [2.05, 4.69) is 10.1 Å². The first-order chi connectivity index (χ1) is 13.2. The lowest BCUT2D eigenvalue weighted by Crippen LogP contribution is -2.49. The maximum atomic E-state index is 13.9. The van der Waals surface area contributed by atoms with Gasteiger partial charge in [-0.2, -0.15) is 8.82 Å². The van der Waals surface area contributed by atoms with Crippen molar-refractivity contribution in [2.45, 2.75) is 13.0 Å². The van der Waals surface area contributed by atoms with Crippen LogP contribution in [-0.2, 0) is 10.0 Å². The van der Waals surface area contributed by atoms with E-state index in [4.69, 9.17) is 0 Å². The Kier molecular flexibility index (Phi) is 4.86. The zero-order valence-electron chi connectivity index (χ0n) is 15.4. The molecule has 0 radical (unpaired) electrons. The molecule has 0 bridgehead atoms. The molecule has 1 aliphatic heterocycles. The van der Waals surface area contributed by atoms with Gasteiger partial charge in [0.25, 0.3) is 0 Å². The number of aromatic nitrogens is 3. The minimum absolute atomic E-state index is 0.0274. The summed E-state index contributed by atoms with van der Waals surface area (Å²) in [5.41, 5.74) is 0.685. The van der Waals surface area contributed by atoms with Crippen LogP contribution >= 0.6 is 11.3 Å². The van der Waals surface area contributed by atoms with Crippen LogP contribution in [0.3, 0.4) is 0 Å². The van der Waals surface area contributed by atoms with Crippen LogP contribution in [0.2, 0.25) is 0 Å². The largest absolute Gasteiger partial charge is 0.492 e. The minimum atomic E-state index is -3.26. The van der Waals surface area contributed by atoms with Gasteiger partial charge >= 0.3 is 0 Å². The SMILES string of the molecule is Cc1nc2sc([C@@H](c3cccc(F)c3)N3CCN(S(C)(=O)=O)CC3)c(O)n2n1. The highest BCUT2D eigenvalue weighted by atomic mass is 32.2. The molecule has 0 aliphatic carbocycles. The average Bonchev–Trinajstić information content (AvgIpc) is 3.13. The van der Waals surface area contributed by atoms with Gasteiger partial charge in [-0.1, -0.05) is 23.5 Å². The predicted octanol–water partition coefficient (Wildman–Crippen LogP) is 1.61. The van der Waals surface area contributed by atoms with E-state index in [-0.39, 0.29) is 11.7 Å². The van der Waals surface area contributed by atoms with Crippen molar-refractivity contribution in [2.24, 2.45) is 0 Å². The fraction of sp³-hybridized carbons (Fsp3) is 0.412. The van der Waals surface area contributed by atoms with Gasteiger partial charge < -0.3 is 5.11 Å². The van der Waals surface area contributed by atoms with Gasteiger partial charge in [0.05, 0.1) is 17.2 Å². The molecule has 150 valence electrons. The Balaban J connectivity index is 1.74. The first-order valence-corrected chi connectivity index (χ1v) is 11.4. The van der Waals surface area contributed by atoms with Gasteiger partial charge in [0, 0.05) is 26.2 Å². The van der Waals surface area contributed by atoms with Crippen molar-refractivity contribution < 1.29 is 17.9 Å². The van der Waals surface area contributed by atoms with Crippen LogP contribution in [0.1, 0.15) is 22.3 Å². The topological polar surface area (TPSA) is 91.0 Å². The van der Waals surface area contributed by atoms with Crippen molar-refractivity contribution in [3.63, 3.8) is 0 Å². The van der Waals surface area contributed by atoms with E-state index >= 15 is 0 Å². The van der Waals surface area contributed by atoms with E-state index in [1.807, 2.05) is 4.90 Å². The second-order valence-electron chi connectivity index (χ2n) is 6.80. The maximum Gasteiger partial charge on any atom is 0.230 e. The lowest BCUT2D eigenvalue weighted by molar-refractivity contribution is 0.155. The lowest BCUT2D eigenvalue weighted by Gasteiger charge is -2.38. The van der Waals surface area contributed by atoms with Gasteiger partial charge in [-0.25, -0.2) is 17.8 Å². The first-order valence-electron chi connectivity index (χ1n) is 8.73. The highest BCUT2D eigenvalue weighted by Crippen LogP contribution is 2.40. The average molecular weight is 426 g/mol. The monoisotopic (exact) mass is 425 g/mol. The molecule has 1 saturated heterocycles. The summed E-state index contributed by atoms with van der Waals surface area (Å²) in [5.74, 6) is 0.157. The van der Waals surface area contributed by atoms with Gasteiger partial charge in [-0.15, -0.1) is 5.10 Å². The number of fused-ring (bicyclic) bond motifs is 1. The summed E-state index contributed by atoms with van der Waals surface area (Å²) in [6.07, 6.45) is 1.20. The molecule has 11 heteroatoms. The van der Waals surface area contributed by atoms with E-state index in [0.29, 0.717) is 47.4 Å². The van der Waals surface area contributed by atoms with E-state index < -0.39 is 16.1 Å². The highest BCUT2D eigenvalue weighted by molar-refractivity contribution is 7.88. The van der Waals surface area contributed by atoms with E-state index in [9.17, 15) is 17.9 Å². The third-order valence-corrected chi connectivity index (χ3v) is 7.20. The Labute approximate surface area is 165 Å². The summed E-state index contributed by atoms with van der Waals surface area (Å²) >= 11 is 1.30. The van der Waals surface area contributed by atoms with Crippen LogP contribution < -0.4 is 0 Å². The summed E-state index contributed by atoms with van der Waals surface area (Å²) in [4.78, 5) is 7.52. The summed E-state index contributed by atoms with van der Waals surface area (Å²) in [5, 5.41) is 15.0. The molecule has 1 aliphatic rings. The number of thiazole rings is 1. The van der Waals surface area contributed by atoms with Crippen molar-refractivity contribution in [1.29, 1.82) is 0 Å². The Hall–Kier alpha value is -2.08. The molecule has 1 atom stereocenters. The fourth-order valence-corrected chi connectivity index (χ4v) is 5.51. The molecule has 3 heterocycles. The number of benzene rings is 1. The van der Waals surface area contributed by atoms with Crippen LogP contribution in [0.5, 0.6) is 5.88 Å². The van der Waals surface area contributed by atoms with Crippen LogP contribution in [0.4, 0.5) is 4.39 Å². The van der Waals surface area contributed by atoms with Gasteiger partial charge in [0.15, 0.2) is 0 Å². The predicted molar refractivity (Wildman–Crippen MR) is 103 cm³/mol. The zero-order chi connectivity index (χ0) is 20.1. The lowest BCUT2D eigenvalue weighted by atomic mass is 10.0. The van der Waals surface area contributed by atoms with Gasteiger partial charge in [0.2, 0.25) is 20.9 Å². The summed E-state index contributed by atoms with van der Waals surface area (Å²) in [6, 6.07) is 5.81. The summed E-state index contributed by atoms with van der Waals surface area (Å²) in [6.45, 7) is 3.34. The number of hydrogen-bond acceptors (Lipinski definition) is 7. The molecule has 1 aromatic carbocycles. The molecule has 0 unspecified atom stereocenters. The third-order valence-electron chi connectivity index (χ3n) is 4.83. The zero-order valence-corrected chi connectivity index (χ0v) is 17.0. The second kappa shape index (κ2) is 7.07. The number of piperazine rings is 1. The molecular weight excluding hydrogens is 405 g/mol. The molecule has 8 nitrogen and oxygen atoms in total. The molecule has 0 saturated carbocycles. The summed E-state index contributed by atoms with van der Waals surface area (Å²) in [7, 11) is -3.26. The molecule has 3 aromatic rings. The molecular formula is C17H20FN5O3S2. The number of nitrogens with zero attached hydrogens (tertiary/aromatic N) is 5. The smallest absolute Gasteiger partial charge is 0.230 e. The Morgan fingerprint density at radius 3 is 2.57 bits per heavy atom. The maximum absolute atomic E-state index is 13.9. The minimum Gasteiger partial charge on any atom is -0.492 e. The molecule has 28 heavy (non-hydrogen) atoms. The third kappa shape index (κ3) is 3.50. The standard InChI is InChI=1S/C17H20FN5O3S2/c1-11-19-17-23(20-11)16(24)15(27-17)14(12-4-3-5-13(18)10-12)21-6-8-22(9-7-21)28(2,25)26/h3-5,10,14,24H,6-9H2,1-2H3/t14-/m1/s1. The van der Waals surface area contributed by atoms with Crippen LogP contribution in [-0.4, -0.2) is 69.8 Å². The van der Waals surface area contributed by atoms with Crippen molar-refractivity contribution in [1.82, 2.24) is 23.8 Å². The molecule has 4 rings (SSSR count). The van der Waals surface area contributed by atoms with Gasteiger partial charge in [0.1, 0.15) is 11.6 Å². The quantitative estimate of drug-likeness (QED) is 0.683. The van der Waals surface area contributed by atoms with Crippen molar-refractivity contribution in [3.8, 4) is 5.88 Å². The molecule has 1 N–H and O–H groups in total. The number of aromatic hydroxyl groups is 1. The van der Waals surface area contributed by atoms with E-state index in [1.54, 1.807) is 19.1 Å². The van der Waals surface area contributed by atoms with E-state index in [0.717, 1.165) is 0 Å². The fourth-order valence-electron chi connectivity index (χ4n) is 3.52. The van der Waals surface area contributed by atoms with Crippen molar-refractivity contribution in [3.05, 3.63) is 46.3 Å². The molecule has 2 aromatic heterocycles. The van der Waals surface area contributed by atoms with Gasteiger partial charge in [-0.05, 0) is 24.6 Å². The van der Waals surface area contributed by atoms with E-state index in [1.165, 1.54) is 38.5 Å². The molecule has 0 amide bonds. The second-order valence-corrected chi connectivity index (χ2v) is 9.79. The van der Waals surface area contributed by atoms with Crippen LogP contribution in [0, 0.1) is 12.7 Å². The molecule has 1 fully saturated rings. The van der Waals surface area contributed by atoms with Crippen LogP contribution in [0.15, 0.2) is 24.3 Å². The van der Waals surface area contributed by atoms with Crippen LogP contribution in [0.25, 0.3) is 4.96 Å².